The van der Waals surface area contributed by atoms with E-state index in [-0.39, 0.29) is 17.8 Å². The second-order valence-electron chi connectivity index (χ2n) is 6.98. The molecule has 0 spiro atoms. The summed E-state index contributed by atoms with van der Waals surface area (Å²) in [4.78, 5) is 14.1. The first-order chi connectivity index (χ1) is 13.2. The van der Waals surface area contributed by atoms with Crippen molar-refractivity contribution in [3.63, 3.8) is 0 Å². The topological polar surface area (TPSA) is 50.8 Å². The lowest BCUT2D eigenvalue weighted by molar-refractivity contribution is -0.127. The summed E-state index contributed by atoms with van der Waals surface area (Å²) < 4.78 is 24.1. The van der Waals surface area contributed by atoms with Gasteiger partial charge in [-0.2, -0.15) is 0 Å². The summed E-state index contributed by atoms with van der Waals surface area (Å²) in [5, 5.41) is 3.46. The largest absolute Gasteiger partial charge is 0.486 e. The number of hydrogen-bond donors (Lipinski definition) is 1. The van der Waals surface area contributed by atoms with Crippen molar-refractivity contribution in [1.29, 1.82) is 0 Å². The lowest BCUT2D eigenvalue weighted by Crippen LogP contribution is -2.33. The van der Waals surface area contributed by atoms with Gasteiger partial charge in [0.2, 0.25) is 5.91 Å². The molecule has 27 heavy (non-hydrogen) atoms. The zero-order valence-corrected chi connectivity index (χ0v) is 15.1. The summed E-state index contributed by atoms with van der Waals surface area (Å²) in [7, 11) is 0. The molecule has 6 heteroatoms. The normalized spacial score (nSPS) is 18.8. The van der Waals surface area contributed by atoms with E-state index in [0.717, 1.165) is 29.0 Å². The quantitative estimate of drug-likeness (QED) is 0.849. The van der Waals surface area contributed by atoms with Crippen LogP contribution in [0, 0.1) is 5.82 Å². The molecule has 2 aromatic carbocycles. The van der Waals surface area contributed by atoms with Gasteiger partial charge >= 0.3 is 0 Å². The molecular formula is C21H23FN2O3. The van der Waals surface area contributed by atoms with Crippen molar-refractivity contribution in [2.75, 3.05) is 26.3 Å². The van der Waals surface area contributed by atoms with E-state index in [1.807, 2.05) is 23.1 Å². The summed E-state index contributed by atoms with van der Waals surface area (Å²) in [5.74, 6) is 1.49. The fourth-order valence-corrected chi connectivity index (χ4v) is 3.50. The van der Waals surface area contributed by atoms with Crippen LogP contribution in [0.1, 0.15) is 17.5 Å². The van der Waals surface area contributed by atoms with Crippen LogP contribution in [0.3, 0.4) is 0 Å². The molecule has 5 nitrogen and oxygen atoms in total. The van der Waals surface area contributed by atoms with Crippen molar-refractivity contribution in [2.45, 2.75) is 25.4 Å². The van der Waals surface area contributed by atoms with Crippen LogP contribution in [0.4, 0.5) is 4.39 Å². The Morgan fingerprint density at radius 1 is 1.04 bits per heavy atom. The van der Waals surface area contributed by atoms with Crippen molar-refractivity contribution in [3.05, 3.63) is 59.4 Å². The minimum atomic E-state index is -0.237. The van der Waals surface area contributed by atoms with Gasteiger partial charge in [0.25, 0.3) is 0 Å². The number of amides is 1. The van der Waals surface area contributed by atoms with E-state index >= 15 is 0 Å². The van der Waals surface area contributed by atoms with E-state index in [1.54, 1.807) is 12.1 Å². The molecule has 1 fully saturated rings. The Balaban J connectivity index is 1.27. The number of fused-ring (bicyclic) bond motifs is 1. The second-order valence-corrected chi connectivity index (χ2v) is 6.98. The molecule has 1 amide bonds. The Hall–Kier alpha value is -2.60. The van der Waals surface area contributed by atoms with Gasteiger partial charge < -0.3 is 19.7 Å². The maximum absolute atomic E-state index is 13.0. The maximum Gasteiger partial charge on any atom is 0.224 e. The molecule has 1 saturated heterocycles. The molecular weight excluding hydrogens is 347 g/mol. The van der Waals surface area contributed by atoms with E-state index in [1.165, 1.54) is 12.1 Å². The average molecular weight is 370 g/mol. The lowest BCUT2D eigenvalue weighted by Gasteiger charge is -2.20. The highest BCUT2D eigenvalue weighted by molar-refractivity contribution is 5.79. The second kappa shape index (κ2) is 7.96. The van der Waals surface area contributed by atoms with Crippen LogP contribution in [0.25, 0.3) is 0 Å². The number of hydrogen-bond acceptors (Lipinski definition) is 4. The standard InChI is InChI=1S/C21H23FN2O3/c22-17-4-1-15(2-5-17)7-8-24-14-18(12-21(24)25)23-13-16-3-6-19-20(11-16)27-10-9-26-19/h1-6,11,18,23H,7-10,12-14H2/t18-/m0/s1. The minimum Gasteiger partial charge on any atom is -0.486 e. The number of carbonyl (C=O) groups is 1. The van der Waals surface area contributed by atoms with Crippen LogP contribution in [0.15, 0.2) is 42.5 Å². The summed E-state index contributed by atoms with van der Waals surface area (Å²) >= 11 is 0. The van der Waals surface area contributed by atoms with Crippen molar-refractivity contribution in [1.82, 2.24) is 10.2 Å². The van der Waals surface area contributed by atoms with E-state index in [2.05, 4.69) is 5.32 Å². The third-order valence-electron chi connectivity index (χ3n) is 5.00. The molecule has 4 rings (SSSR count). The zero-order chi connectivity index (χ0) is 18.6. The third-order valence-corrected chi connectivity index (χ3v) is 5.00. The predicted molar refractivity (Wildman–Crippen MR) is 99.4 cm³/mol. The van der Waals surface area contributed by atoms with Crippen LogP contribution in [0.2, 0.25) is 0 Å². The number of nitrogens with zero attached hydrogens (tertiary/aromatic N) is 1. The monoisotopic (exact) mass is 370 g/mol. The number of nitrogens with one attached hydrogen (secondary N) is 1. The molecule has 0 saturated carbocycles. The number of likely N-dealkylation sites (tertiary alicyclic amines) is 1. The molecule has 2 heterocycles. The molecule has 142 valence electrons. The Labute approximate surface area is 158 Å². The molecule has 2 aliphatic rings. The van der Waals surface area contributed by atoms with E-state index in [9.17, 15) is 9.18 Å². The zero-order valence-electron chi connectivity index (χ0n) is 15.1. The Bertz CT molecular complexity index is 810. The Morgan fingerprint density at radius 3 is 2.59 bits per heavy atom. The predicted octanol–water partition coefficient (Wildman–Crippen LogP) is 2.53. The first-order valence-electron chi connectivity index (χ1n) is 9.31. The maximum atomic E-state index is 13.0. The number of rotatable bonds is 6. The number of ether oxygens (including phenoxy) is 2. The van der Waals surface area contributed by atoms with Crippen molar-refractivity contribution < 1.29 is 18.7 Å². The highest BCUT2D eigenvalue weighted by Crippen LogP contribution is 2.30. The first kappa shape index (κ1) is 17.8. The van der Waals surface area contributed by atoms with Gasteiger partial charge in [-0.15, -0.1) is 0 Å². The van der Waals surface area contributed by atoms with Gasteiger partial charge in [-0.25, -0.2) is 4.39 Å². The van der Waals surface area contributed by atoms with Gasteiger partial charge in [-0.1, -0.05) is 18.2 Å². The van der Waals surface area contributed by atoms with Crippen LogP contribution in [-0.4, -0.2) is 43.2 Å². The average Bonchev–Trinajstić information content (AvgIpc) is 3.05. The number of halogens is 1. The summed E-state index contributed by atoms with van der Waals surface area (Å²) in [5.41, 5.74) is 2.15. The SMILES string of the molecule is O=C1C[C@H](NCc2ccc3c(c2)OCCO3)CN1CCc1ccc(F)cc1. The fraction of sp³-hybridized carbons (Fsp3) is 0.381. The molecule has 1 N–H and O–H groups in total. The van der Waals surface area contributed by atoms with Crippen molar-refractivity contribution in [2.24, 2.45) is 0 Å². The van der Waals surface area contributed by atoms with Gasteiger partial charge in [0, 0.05) is 32.1 Å². The molecule has 2 aromatic rings. The lowest BCUT2D eigenvalue weighted by atomic mass is 10.1. The van der Waals surface area contributed by atoms with Crippen LogP contribution in [-0.2, 0) is 17.8 Å². The highest BCUT2D eigenvalue weighted by atomic mass is 19.1. The van der Waals surface area contributed by atoms with Gasteiger partial charge in [-0.3, -0.25) is 4.79 Å². The molecule has 0 radical (unpaired) electrons. The van der Waals surface area contributed by atoms with Crippen molar-refractivity contribution >= 4 is 5.91 Å². The number of benzene rings is 2. The molecule has 0 aromatic heterocycles. The molecule has 1 atom stereocenters. The Kier molecular flexibility index (Phi) is 5.25. The van der Waals surface area contributed by atoms with Gasteiger partial charge in [-0.05, 0) is 41.8 Å². The van der Waals surface area contributed by atoms with E-state index < -0.39 is 0 Å². The molecule has 0 unspecified atom stereocenters. The van der Waals surface area contributed by atoms with Gasteiger partial charge in [0.15, 0.2) is 11.5 Å². The van der Waals surface area contributed by atoms with Crippen LogP contribution >= 0.6 is 0 Å². The third kappa shape index (κ3) is 4.39. The molecule has 2 aliphatic heterocycles. The van der Waals surface area contributed by atoms with Gasteiger partial charge in [0.1, 0.15) is 19.0 Å². The smallest absolute Gasteiger partial charge is 0.224 e. The molecule has 0 bridgehead atoms. The highest BCUT2D eigenvalue weighted by Gasteiger charge is 2.28. The first-order valence-corrected chi connectivity index (χ1v) is 9.31. The van der Waals surface area contributed by atoms with E-state index in [0.29, 0.717) is 39.3 Å². The van der Waals surface area contributed by atoms with E-state index in [4.69, 9.17) is 9.47 Å². The fourth-order valence-electron chi connectivity index (χ4n) is 3.50. The van der Waals surface area contributed by atoms with Gasteiger partial charge in [0.05, 0.1) is 0 Å². The molecule has 0 aliphatic carbocycles. The summed E-state index contributed by atoms with van der Waals surface area (Å²) in [6.45, 7) is 3.20. The summed E-state index contributed by atoms with van der Waals surface area (Å²) in [6, 6.07) is 12.5. The van der Waals surface area contributed by atoms with Crippen molar-refractivity contribution in [3.8, 4) is 11.5 Å². The summed E-state index contributed by atoms with van der Waals surface area (Å²) in [6.07, 6.45) is 1.24. The Morgan fingerprint density at radius 2 is 1.78 bits per heavy atom. The number of carbonyl (C=O) groups excluding carboxylic acids is 1. The van der Waals surface area contributed by atoms with Crippen LogP contribution in [0.5, 0.6) is 11.5 Å². The van der Waals surface area contributed by atoms with Crippen LogP contribution < -0.4 is 14.8 Å². The minimum absolute atomic E-state index is 0.138.